The molecule has 1 saturated heterocycles. The number of nitrogens with zero attached hydrogens (tertiary/aromatic N) is 2. The van der Waals surface area contributed by atoms with E-state index in [0.29, 0.717) is 23.3 Å². The van der Waals surface area contributed by atoms with E-state index in [9.17, 15) is 4.79 Å². The molecule has 3 unspecified atom stereocenters. The predicted octanol–water partition coefficient (Wildman–Crippen LogP) is 1.60. The number of halogens is 1. The number of aryl methyl sites for hydroxylation is 1. The summed E-state index contributed by atoms with van der Waals surface area (Å²) in [7, 11) is 0. The van der Waals surface area contributed by atoms with Gasteiger partial charge >= 0.3 is 0 Å². The zero-order valence-corrected chi connectivity index (χ0v) is 11.9. The summed E-state index contributed by atoms with van der Waals surface area (Å²) in [5.74, 6) is 1.70. The summed E-state index contributed by atoms with van der Waals surface area (Å²) in [6.45, 7) is 3.39. The van der Waals surface area contributed by atoms with Crippen molar-refractivity contribution in [1.29, 1.82) is 0 Å². The number of fused-ring (bicyclic) bond motifs is 1. The van der Waals surface area contributed by atoms with Crippen LogP contribution >= 0.6 is 12.4 Å². The summed E-state index contributed by atoms with van der Waals surface area (Å²) in [5, 5.41) is 3.80. The molecule has 0 aromatic carbocycles. The van der Waals surface area contributed by atoms with Gasteiger partial charge in [-0.05, 0) is 31.6 Å². The van der Waals surface area contributed by atoms with Crippen molar-refractivity contribution in [2.75, 3.05) is 13.1 Å². The first kappa shape index (κ1) is 14.3. The number of carbonyl (C=O) groups is 1. The molecule has 0 bridgehead atoms. The molecule has 1 saturated carbocycles. The van der Waals surface area contributed by atoms with Crippen LogP contribution in [-0.2, 0) is 0 Å². The van der Waals surface area contributed by atoms with Crippen molar-refractivity contribution in [2.24, 2.45) is 17.6 Å². The number of hydrogen-bond acceptors (Lipinski definition) is 4. The standard InChI is InChI=1S/C13H19N3O2.ClH/c1-8-5-12(15-18-8)13(17)16-6-9-3-2-4-11(14)10(9)7-16;/h5,9-11H,2-4,6-7,14H2,1H3;1H. The van der Waals surface area contributed by atoms with Gasteiger partial charge in [-0.25, -0.2) is 0 Å². The molecule has 0 radical (unpaired) electrons. The fourth-order valence-corrected chi connectivity index (χ4v) is 3.31. The summed E-state index contributed by atoms with van der Waals surface area (Å²) >= 11 is 0. The molecule has 1 aromatic rings. The normalized spacial score (nSPS) is 29.8. The van der Waals surface area contributed by atoms with E-state index < -0.39 is 0 Å². The first-order valence-corrected chi connectivity index (χ1v) is 6.63. The van der Waals surface area contributed by atoms with Crippen molar-refractivity contribution in [3.63, 3.8) is 0 Å². The SMILES string of the molecule is Cc1cc(C(=O)N2CC3CCCC(N)C3C2)no1.Cl. The highest BCUT2D eigenvalue weighted by atomic mass is 35.5. The fraction of sp³-hybridized carbons (Fsp3) is 0.692. The Bertz CT molecular complexity index is 462. The van der Waals surface area contributed by atoms with E-state index in [1.807, 2.05) is 4.90 Å². The minimum atomic E-state index is -0.0200. The van der Waals surface area contributed by atoms with Gasteiger partial charge in [0.1, 0.15) is 5.76 Å². The van der Waals surface area contributed by atoms with E-state index in [1.54, 1.807) is 13.0 Å². The minimum absolute atomic E-state index is 0. The van der Waals surface area contributed by atoms with Crippen LogP contribution in [0.2, 0.25) is 0 Å². The molecule has 1 aromatic heterocycles. The third kappa shape index (κ3) is 2.62. The Hall–Kier alpha value is -1.07. The summed E-state index contributed by atoms with van der Waals surface area (Å²) < 4.78 is 4.96. The number of likely N-dealkylation sites (tertiary alicyclic amines) is 1. The molecule has 3 rings (SSSR count). The van der Waals surface area contributed by atoms with Crippen molar-refractivity contribution in [1.82, 2.24) is 10.1 Å². The molecule has 106 valence electrons. The summed E-state index contributed by atoms with van der Waals surface area (Å²) in [6.07, 6.45) is 3.47. The summed E-state index contributed by atoms with van der Waals surface area (Å²) in [6, 6.07) is 1.95. The Labute approximate surface area is 118 Å². The van der Waals surface area contributed by atoms with Gasteiger partial charge < -0.3 is 15.2 Å². The van der Waals surface area contributed by atoms with Crippen LogP contribution in [-0.4, -0.2) is 35.1 Å². The zero-order valence-electron chi connectivity index (χ0n) is 11.0. The molecule has 3 atom stereocenters. The van der Waals surface area contributed by atoms with Crippen LogP contribution in [0.3, 0.4) is 0 Å². The van der Waals surface area contributed by atoms with Gasteiger partial charge in [0.25, 0.3) is 5.91 Å². The van der Waals surface area contributed by atoms with Crippen LogP contribution in [0.25, 0.3) is 0 Å². The Balaban J connectivity index is 0.00000133. The topological polar surface area (TPSA) is 72.4 Å². The van der Waals surface area contributed by atoms with Gasteiger partial charge in [0.15, 0.2) is 5.69 Å². The third-order valence-corrected chi connectivity index (χ3v) is 4.29. The van der Waals surface area contributed by atoms with Crippen LogP contribution < -0.4 is 5.73 Å². The van der Waals surface area contributed by atoms with Gasteiger partial charge in [-0.15, -0.1) is 12.4 Å². The number of rotatable bonds is 1. The van der Waals surface area contributed by atoms with Gasteiger partial charge in [-0.2, -0.15) is 0 Å². The zero-order chi connectivity index (χ0) is 12.7. The first-order valence-electron chi connectivity index (χ1n) is 6.63. The lowest BCUT2D eigenvalue weighted by Crippen LogP contribution is -2.38. The number of carbonyl (C=O) groups excluding carboxylic acids is 1. The van der Waals surface area contributed by atoms with Gasteiger partial charge in [-0.3, -0.25) is 4.79 Å². The summed E-state index contributed by atoms with van der Waals surface area (Å²) in [5.41, 5.74) is 6.57. The molecule has 2 heterocycles. The van der Waals surface area contributed by atoms with Crippen LogP contribution in [0, 0.1) is 18.8 Å². The average molecular weight is 286 g/mol. The molecule has 5 nitrogen and oxygen atoms in total. The molecule has 0 spiro atoms. The molecule has 6 heteroatoms. The minimum Gasteiger partial charge on any atom is -0.361 e. The van der Waals surface area contributed by atoms with Crippen molar-refractivity contribution < 1.29 is 9.32 Å². The molecule has 2 fully saturated rings. The lowest BCUT2D eigenvalue weighted by Gasteiger charge is -2.29. The first-order chi connectivity index (χ1) is 8.65. The Kier molecular flexibility index (Phi) is 4.16. The predicted molar refractivity (Wildman–Crippen MR) is 73.2 cm³/mol. The van der Waals surface area contributed by atoms with Gasteiger partial charge in [0.2, 0.25) is 0 Å². The number of amides is 1. The maximum absolute atomic E-state index is 12.3. The van der Waals surface area contributed by atoms with Gasteiger partial charge in [0.05, 0.1) is 0 Å². The molecule has 2 aliphatic rings. The second-order valence-electron chi connectivity index (χ2n) is 5.55. The Morgan fingerprint density at radius 3 is 2.89 bits per heavy atom. The molecule has 1 aliphatic heterocycles. The average Bonchev–Trinajstić information content (AvgIpc) is 2.95. The van der Waals surface area contributed by atoms with E-state index in [2.05, 4.69) is 5.16 Å². The number of aromatic nitrogens is 1. The van der Waals surface area contributed by atoms with Crippen LogP contribution in [0.5, 0.6) is 0 Å². The highest BCUT2D eigenvalue weighted by molar-refractivity contribution is 5.92. The molecule has 1 amide bonds. The van der Waals surface area contributed by atoms with Crippen molar-refractivity contribution >= 4 is 18.3 Å². The maximum atomic E-state index is 12.3. The van der Waals surface area contributed by atoms with E-state index >= 15 is 0 Å². The summed E-state index contributed by atoms with van der Waals surface area (Å²) in [4.78, 5) is 14.2. The number of nitrogens with two attached hydrogens (primary N) is 1. The van der Waals surface area contributed by atoms with E-state index in [0.717, 1.165) is 19.5 Å². The highest BCUT2D eigenvalue weighted by Gasteiger charge is 2.40. The van der Waals surface area contributed by atoms with Crippen molar-refractivity contribution in [2.45, 2.75) is 32.2 Å². The number of hydrogen-bond donors (Lipinski definition) is 1. The fourth-order valence-electron chi connectivity index (χ4n) is 3.31. The Morgan fingerprint density at radius 2 is 2.26 bits per heavy atom. The lowest BCUT2D eigenvalue weighted by molar-refractivity contribution is 0.0773. The van der Waals surface area contributed by atoms with Crippen molar-refractivity contribution in [3.8, 4) is 0 Å². The van der Waals surface area contributed by atoms with Crippen LogP contribution in [0.1, 0.15) is 35.5 Å². The molecule has 1 aliphatic carbocycles. The second-order valence-corrected chi connectivity index (χ2v) is 5.55. The second kappa shape index (κ2) is 5.51. The van der Waals surface area contributed by atoms with Crippen LogP contribution in [0.15, 0.2) is 10.6 Å². The van der Waals surface area contributed by atoms with Crippen molar-refractivity contribution in [3.05, 3.63) is 17.5 Å². The molecule has 2 N–H and O–H groups in total. The van der Waals surface area contributed by atoms with E-state index in [1.165, 1.54) is 12.8 Å². The largest absolute Gasteiger partial charge is 0.361 e. The Morgan fingerprint density at radius 1 is 1.47 bits per heavy atom. The lowest BCUT2D eigenvalue weighted by atomic mass is 9.78. The third-order valence-electron chi connectivity index (χ3n) is 4.29. The van der Waals surface area contributed by atoms with Gasteiger partial charge in [-0.1, -0.05) is 11.6 Å². The monoisotopic (exact) mass is 285 g/mol. The van der Waals surface area contributed by atoms with Crippen LogP contribution in [0.4, 0.5) is 0 Å². The van der Waals surface area contributed by atoms with Gasteiger partial charge in [0, 0.05) is 25.2 Å². The molecular weight excluding hydrogens is 266 g/mol. The molecular formula is C13H20ClN3O2. The molecule has 19 heavy (non-hydrogen) atoms. The quantitative estimate of drug-likeness (QED) is 0.851. The van der Waals surface area contributed by atoms with E-state index in [-0.39, 0.29) is 24.4 Å². The smallest absolute Gasteiger partial charge is 0.276 e. The van der Waals surface area contributed by atoms with E-state index in [4.69, 9.17) is 10.3 Å². The maximum Gasteiger partial charge on any atom is 0.276 e. The highest BCUT2D eigenvalue weighted by Crippen LogP contribution is 2.35.